The SMILES string of the molecule is CCN(C[C@H](C)C#N)C(=O)c1ccccc1S(=O)(=O)CC. The van der Waals surface area contributed by atoms with Gasteiger partial charge in [0.2, 0.25) is 0 Å². The molecule has 0 radical (unpaired) electrons. The van der Waals surface area contributed by atoms with Gasteiger partial charge in [-0.05, 0) is 26.0 Å². The van der Waals surface area contributed by atoms with Crippen LogP contribution in [0.4, 0.5) is 0 Å². The minimum atomic E-state index is -3.46. The van der Waals surface area contributed by atoms with Crippen LogP contribution in [0.1, 0.15) is 31.1 Å². The molecule has 1 rings (SSSR count). The first-order valence-corrected chi connectivity index (χ1v) is 8.53. The molecule has 114 valence electrons. The molecule has 0 saturated carbocycles. The lowest BCUT2D eigenvalue weighted by Gasteiger charge is -2.23. The van der Waals surface area contributed by atoms with Crippen LogP contribution in [0.25, 0.3) is 0 Å². The van der Waals surface area contributed by atoms with Gasteiger partial charge in [-0.3, -0.25) is 4.79 Å². The third kappa shape index (κ3) is 4.05. The van der Waals surface area contributed by atoms with Crippen LogP contribution in [-0.4, -0.2) is 38.1 Å². The van der Waals surface area contributed by atoms with Crippen LogP contribution in [0.5, 0.6) is 0 Å². The van der Waals surface area contributed by atoms with E-state index in [2.05, 4.69) is 6.07 Å². The van der Waals surface area contributed by atoms with E-state index in [0.29, 0.717) is 6.54 Å². The van der Waals surface area contributed by atoms with Crippen LogP contribution in [-0.2, 0) is 9.84 Å². The van der Waals surface area contributed by atoms with Crippen molar-refractivity contribution in [2.45, 2.75) is 25.7 Å². The molecule has 0 spiro atoms. The smallest absolute Gasteiger partial charge is 0.255 e. The van der Waals surface area contributed by atoms with Gasteiger partial charge in [0.1, 0.15) is 0 Å². The van der Waals surface area contributed by atoms with Gasteiger partial charge >= 0.3 is 0 Å². The molecular formula is C15H20N2O3S. The molecule has 0 unspecified atom stereocenters. The predicted octanol–water partition coefficient (Wildman–Crippen LogP) is 2.10. The van der Waals surface area contributed by atoms with Gasteiger partial charge in [-0.15, -0.1) is 0 Å². The average Bonchev–Trinajstić information content (AvgIpc) is 2.51. The molecule has 1 atom stereocenters. The molecule has 1 aromatic carbocycles. The van der Waals surface area contributed by atoms with Crippen molar-refractivity contribution in [2.24, 2.45) is 5.92 Å². The molecule has 0 aliphatic carbocycles. The topological polar surface area (TPSA) is 78.2 Å². The molecular weight excluding hydrogens is 288 g/mol. The summed E-state index contributed by atoms with van der Waals surface area (Å²) < 4.78 is 24.2. The first kappa shape index (κ1) is 17.2. The predicted molar refractivity (Wildman–Crippen MR) is 80.5 cm³/mol. The maximum atomic E-state index is 12.6. The Morgan fingerprint density at radius 3 is 2.48 bits per heavy atom. The normalized spacial score (nSPS) is 12.5. The molecule has 5 nitrogen and oxygen atoms in total. The fourth-order valence-electron chi connectivity index (χ4n) is 1.97. The Bertz CT molecular complexity index is 647. The molecule has 0 fully saturated rings. The maximum absolute atomic E-state index is 12.6. The van der Waals surface area contributed by atoms with Crippen LogP contribution in [0, 0.1) is 17.2 Å². The van der Waals surface area contributed by atoms with Crippen LogP contribution < -0.4 is 0 Å². The number of nitriles is 1. The van der Waals surface area contributed by atoms with Crippen LogP contribution in [0.3, 0.4) is 0 Å². The Labute approximate surface area is 126 Å². The number of carbonyl (C=O) groups excluding carboxylic acids is 1. The highest BCUT2D eigenvalue weighted by Gasteiger charge is 2.24. The summed E-state index contributed by atoms with van der Waals surface area (Å²) in [6.07, 6.45) is 0. The average molecular weight is 308 g/mol. The Balaban J connectivity index is 3.22. The largest absolute Gasteiger partial charge is 0.338 e. The summed E-state index contributed by atoms with van der Waals surface area (Å²) in [5.41, 5.74) is 0.173. The van der Waals surface area contributed by atoms with E-state index >= 15 is 0 Å². The third-order valence-corrected chi connectivity index (χ3v) is 5.00. The summed E-state index contributed by atoms with van der Waals surface area (Å²) in [5, 5.41) is 8.87. The van der Waals surface area contributed by atoms with Crippen molar-refractivity contribution in [1.29, 1.82) is 5.26 Å². The number of sulfone groups is 1. The molecule has 21 heavy (non-hydrogen) atoms. The van der Waals surface area contributed by atoms with Crippen molar-refractivity contribution in [3.05, 3.63) is 29.8 Å². The highest BCUT2D eigenvalue weighted by Crippen LogP contribution is 2.19. The number of nitrogens with zero attached hydrogens (tertiary/aromatic N) is 2. The second-order valence-corrected chi connectivity index (χ2v) is 7.02. The Morgan fingerprint density at radius 2 is 1.95 bits per heavy atom. The highest BCUT2D eigenvalue weighted by atomic mass is 32.2. The van der Waals surface area contributed by atoms with Crippen molar-refractivity contribution < 1.29 is 13.2 Å². The molecule has 0 bridgehead atoms. The van der Waals surface area contributed by atoms with Gasteiger partial charge in [0, 0.05) is 13.1 Å². The monoisotopic (exact) mass is 308 g/mol. The first-order chi connectivity index (χ1) is 9.87. The van der Waals surface area contributed by atoms with Crippen molar-refractivity contribution in [3.8, 4) is 6.07 Å². The number of carbonyl (C=O) groups is 1. The quantitative estimate of drug-likeness (QED) is 0.806. The second kappa shape index (κ2) is 7.23. The van der Waals surface area contributed by atoms with E-state index in [-0.39, 0.29) is 34.6 Å². The molecule has 0 aliphatic heterocycles. The fraction of sp³-hybridized carbons (Fsp3) is 0.467. The van der Waals surface area contributed by atoms with Crippen LogP contribution >= 0.6 is 0 Å². The van der Waals surface area contributed by atoms with E-state index in [1.807, 2.05) is 0 Å². The van der Waals surface area contributed by atoms with Crippen molar-refractivity contribution in [1.82, 2.24) is 4.90 Å². The third-order valence-electron chi connectivity index (χ3n) is 3.22. The lowest BCUT2D eigenvalue weighted by molar-refractivity contribution is 0.0749. The van der Waals surface area contributed by atoms with E-state index in [1.165, 1.54) is 17.0 Å². The van der Waals surface area contributed by atoms with Crippen LogP contribution in [0.2, 0.25) is 0 Å². The summed E-state index contributed by atoms with van der Waals surface area (Å²) in [6, 6.07) is 8.30. The number of benzene rings is 1. The van der Waals surface area contributed by atoms with Crippen molar-refractivity contribution in [3.63, 3.8) is 0 Å². The minimum Gasteiger partial charge on any atom is -0.338 e. The molecule has 1 amide bonds. The van der Waals surface area contributed by atoms with E-state index in [9.17, 15) is 13.2 Å². The molecule has 6 heteroatoms. The number of amides is 1. The summed E-state index contributed by atoms with van der Waals surface area (Å²) >= 11 is 0. The second-order valence-electron chi connectivity index (χ2n) is 4.77. The van der Waals surface area contributed by atoms with Gasteiger partial charge < -0.3 is 4.90 Å². The standard InChI is InChI=1S/C15H20N2O3S/c1-4-17(11-12(3)10-16)15(18)13-8-6-7-9-14(13)21(19,20)5-2/h6-9,12H,4-5,11H2,1-3H3/t12-/m1/s1. The molecule has 0 heterocycles. The molecule has 0 aromatic heterocycles. The van der Waals surface area contributed by atoms with Gasteiger partial charge in [-0.25, -0.2) is 8.42 Å². The van der Waals surface area contributed by atoms with Gasteiger partial charge in [-0.1, -0.05) is 19.1 Å². The van der Waals surface area contributed by atoms with Gasteiger partial charge in [0.15, 0.2) is 9.84 Å². The van der Waals surface area contributed by atoms with E-state index in [0.717, 1.165) is 0 Å². The zero-order chi connectivity index (χ0) is 16.0. The summed E-state index contributed by atoms with van der Waals surface area (Å²) in [6.45, 7) is 5.78. The van der Waals surface area contributed by atoms with Gasteiger partial charge in [0.25, 0.3) is 5.91 Å². The lowest BCUT2D eigenvalue weighted by Crippen LogP contribution is -2.35. The van der Waals surface area contributed by atoms with Gasteiger partial charge in [0.05, 0.1) is 28.2 Å². The zero-order valence-corrected chi connectivity index (χ0v) is 13.4. The van der Waals surface area contributed by atoms with Crippen LogP contribution in [0.15, 0.2) is 29.2 Å². The molecule has 0 N–H and O–H groups in total. The minimum absolute atomic E-state index is 0.0561. The van der Waals surface area contributed by atoms with Crippen molar-refractivity contribution in [2.75, 3.05) is 18.8 Å². The summed E-state index contributed by atoms with van der Waals surface area (Å²) in [4.78, 5) is 14.1. The highest BCUT2D eigenvalue weighted by molar-refractivity contribution is 7.91. The molecule has 0 aliphatic rings. The zero-order valence-electron chi connectivity index (χ0n) is 12.5. The molecule has 0 saturated heterocycles. The first-order valence-electron chi connectivity index (χ1n) is 6.88. The van der Waals surface area contributed by atoms with Gasteiger partial charge in [-0.2, -0.15) is 5.26 Å². The Hall–Kier alpha value is -1.87. The van der Waals surface area contributed by atoms with E-state index in [4.69, 9.17) is 5.26 Å². The number of hydrogen-bond donors (Lipinski definition) is 0. The van der Waals surface area contributed by atoms with E-state index in [1.54, 1.807) is 32.9 Å². The summed E-state index contributed by atoms with van der Waals surface area (Å²) in [5.74, 6) is -0.714. The Kier molecular flexibility index (Phi) is 5.91. The molecule has 1 aromatic rings. The lowest BCUT2D eigenvalue weighted by atomic mass is 10.1. The maximum Gasteiger partial charge on any atom is 0.255 e. The van der Waals surface area contributed by atoms with Crippen molar-refractivity contribution >= 4 is 15.7 Å². The summed E-state index contributed by atoms with van der Waals surface area (Å²) in [7, 11) is -3.46. The fourth-order valence-corrected chi connectivity index (χ4v) is 3.05. The number of hydrogen-bond acceptors (Lipinski definition) is 4. The van der Waals surface area contributed by atoms with E-state index < -0.39 is 9.84 Å². The number of rotatable bonds is 6. The Morgan fingerprint density at radius 1 is 1.33 bits per heavy atom.